The van der Waals surface area contributed by atoms with Gasteiger partial charge in [0.15, 0.2) is 0 Å². The van der Waals surface area contributed by atoms with E-state index in [1.165, 1.54) is 16.8 Å². The van der Waals surface area contributed by atoms with E-state index in [1.807, 2.05) is 12.1 Å². The highest BCUT2D eigenvalue weighted by Crippen LogP contribution is 2.28. The summed E-state index contributed by atoms with van der Waals surface area (Å²) in [5.74, 6) is 0.891. The van der Waals surface area contributed by atoms with Gasteiger partial charge in [0.25, 0.3) is 0 Å². The summed E-state index contributed by atoms with van der Waals surface area (Å²) in [4.78, 5) is 0. The van der Waals surface area contributed by atoms with Crippen LogP contribution in [0.3, 0.4) is 0 Å². The lowest BCUT2D eigenvalue weighted by Crippen LogP contribution is -2.10. The summed E-state index contributed by atoms with van der Waals surface area (Å²) in [6.07, 6.45) is 1.03. The molecule has 1 N–H and O–H groups in total. The van der Waals surface area contributed by atoms with Crippen LogP contribution in [0.4, 0.5) is 5.69 Å². The van der Waals surface area contributed by atoms with Crippen molar-refractivity contribution in [1.82, 2.24) is 0 Å². The molecule has 2 aromatic carbocycles. The predicted molar refractivity (Wildman–Crippen MR) is 88.5 cm³/mol. The Balaban J connectivity index is 2.21. The van der Waals surface area contributed by atoms with E-state index in [0.717, 1.165) is 16.6 Å². The smallest absolute Gasteiger partial charge is 0.118 e. The summed E-state index contributed by atoms with van der Waals surface area (Å²) in [5, 5.41) is 3.62. The number of rotatable bonds is 5. The van der Waals surface area contributed by atoms with Gasteiger partial charge in [0.05, 0.1) is 13.2 Å². The molecule has 0 aromatic heterocycles. The maximum absolute atomic E-state index is 5.21. The topological polar surface area (TPSA) is 21.3 Å². The van der Waals surface area contributed by atoms with E-state index in [1.54, 1.807) is 7.11 Å². The first-order valence-electron chi connectivity index (χ1n) is 6.80. The molecule has 1 atom stereocenters. The predicted octanol–water partition coefficient (Wildman–Crippen LogP) is 5.33. The van der Waals surface area contributed by atoms with Crippen molar-refractivity contribution in [1.29, 1.82) is 0 Å². The fourth-order valence-electron chi connectivity index (χ4n) is 2.19. The number of nitrogens with one attached hydrogen (secondary N) is 1. The van der Waals surface area contributed by atoms with E-state index in [-0.39, 0.29) is 0 Å². The van der Waals surface area contributed by atoms with Gasteiger partial charge in [-0.3, -0.25) is 0 Å². The Morgan fingerprint density at radius 1 is 1.15 bits per heavy atom. The molecular weight excluding hydrogens is 314 g/mol. The molecule has 0 spiro atoms. The summed E-state index contributed by atoms with van der Waals surface area (Å²) in [6, 6.07) is 14.9. The van der Waals surface area contributed by atoms with Crippen LogP contribution in [0.1, 0.15) is 30.5 Å². The lowest BCUT2D eigenvalue weighted by atomic mass is 10.0. The molecule has 2 aromatic rings. The maximum Gasteiger partial charge on any atom is 0.118 e. The standard InChI is InChI=1S/C17H20BrNO/c1-4-16(13-6-9-15(20-3)10-7-13)19-17-11-14(18)8-5-12(17)2/h5-11,16,19H,4H2,1-3H3. The van der Waals surface area contributed by atoms with Crippen molar-refractivity contribution >= 4 is 21.6 Å². The Morgan fingerprint density at radius 3 is 2.45 bits per heavy atom. The van der Waals surface area contributed by atoms with Crippen LogP contribution in [-0.2, 0) is 0 Å². The van der Waals surface area contributed by atoms with Crippen LogP contribution in [0.2, 0.25) is 0 Å². The fraction of sp³-hybridized carbons (Fsp3) is 0.294. The zero-order valence-electron chi connectivity index (χ0n) is 12.1. The normalized spacial score (nSPS) is 12.0. The van der Waals surface area contributed by atoms with Gasteiger partial charge in [-0.25, -0.2) is 0 Å². The van der Waals surface area contributed by atoms with Gasteiger partial charge in [0, 0.05) is 10.2 Å². The van der Waals surface area contributed by atoms with Gasteiger partial charge in [-0.15, -0.1) is 0 Å². The molecule has 0 saturated carbocycles. The molecule has 1 unspecified atom stereocenters. The molecule has 0 saturated heterocycles. The van der Waals surface area contributed by atoms with Crippen LogP contribution in [-0.4, -0.2) is 7.11 Å². The molecule has 0 bridgehead atoms. The SMILES string of the molecule is CCC(Nc1cc(Br)ccc1C)c1ccc(OC)cc1. The molecule has 0 amide bonds. The van der Waals surface area contributed by atoms with Crippen LogP contribution in [0.5, 0.6) is 5.75 Å². The zero-order valence-corrected chi connectivity index (χ0v) is 13.7. The average molecular weight is 334 g/mol. The second-order valence-electron chi connectivity index (χ2n) is 4.84. The van der Waals surface area contributed by atoms with Crippen molar-refractivity contribution in [2.24, 2.45) is 0 Å². The van der Waals surface area contributed by atoms with Gasteiger partial charge in [0.1, 0.15) is 5.75 Å². The molecule has 0 heterocycles. The number of anilines is 1. The Kier molecular flexibility index (Phi) is 5.07. The minimum atomic E-state index is 0.300. The summed E-state index contributed by atoms with van der Waals surface area (Å²) in [5.41, 5.74) is 3.69. The largest absolute Gasteiger partial charge is 0.497 e. The summed E-state index contributed by atoms with van der Waals surface area (Å²) in [6.45, 7) is 4.31. The second-order valence-corrected chi connectivity index (χ2v) is 5.75. The molecule has 0 aliphatic heterocycles. The van der Waals surface area contributed by atoms with Crippen LogP contribution >= 0.6 is 15.9 Å². The van der Waals surface area contributed by atoms with Crippen molar-refractivity contribution < 1.29 is 4.74 Å². The van der Waals surface area contributed by atoms with E-state index < -0.39 is 0 Å². The lowest BCUT2D eigenvalue weighted by molar-refractivity contribution is 0.414. The molecule has 3 heteroatoms. The highest BCUT2D eigenvalue weighted by Gasteiger charge is 2.10. The maximum atomic E-state index is 5.21. The van der Waals surface area contributed by atoms with Crippen molar-refractivity contribution in [3.63, 3.8) is 0 Å². The molecule has 2 rings (SSSR count). The minimum absolute atomic E-state index is 0.300. The molecule has 106 valence electrons. The van der Waals surface area contributed by atoms with Crippen LogP contribution in [0, 0.1) is 6.92 Å². The molecule has 0 aliphatic carbocycles. The third kappa shape index (κ3) is 3.54. The molecule has 0 aliphatic rings. The van der Waals surface area contributed by atoms with Crippen molar-refractivity contribution in [2.75, 3.05) is 12.4 Å². The van der Waals surface area contributed by atoms with E-state index in [0.29, 0.717) is 6.04 Å². The summed E-state index contributed by atoms with van der Waals surface area (Å²) >= 11 is 3.53. The number of ether oxygens (including phenoxy) is 1. The third-order valence-corrected chi connectivity index (χ3v) is 3.95. The molecule has 0 radical (unpaired) electrons. The van der Waals surface area contributed by atoms with Crippen molar-refractivity contribution in [3.05, 3.63) is 58.1 Å². The first kappa shape index (κ1) is 14.9. The minimum Gasteiger partial charge on any atom is -0.497 e. The summed E-state index contributed by atoms with van der Waals surface area (Å²) < 4.78 is 6.30. The first-order valence-corrected chi connectivity index (χ1v) is 7.60. The molecular formula is C17H20BrNO. The van der Waals surface area contributed by atoms with Gasteiger partial charge in [-0.05, 0) is 48.7 Å². The quantitative estimate of drug-likeness (QED) is 0.798. The van der Waals surface area contributed by atoms with Crippen LogP contribution in [0.15, 0.2) is 46.9 Å². The monoisotopic (exact) mass is 333 g/mol. The second kappa shape index (κ2) is 6.80. The Bertz CT molecular complexity index is 566. The average Bonchev–Trinajstić information content (AvgIpc) is 2.48. The molecule has 2 nitrogen and oxygen atoms in total. The number of halogens is 1. The van der Waals surface area contributed by atoms with Gasteiger partial charge in [-0.1, -0.05) is 41.1 Å². The Hall–Kier alpha value is -1.48. The summed E-state index contributed by atoms with van der Waals surface area (Å²) in [7, 11) is 1.69. The number of benzene rings is 2. The highest BCUT2D eigenvalue weighted by atomic mass is 79.9. The Morgan fingerprint density at radius 2 is 1.85 bits per heavy atom. The Labute approximate surface area is 129 Å². The molecule has 20 heavy (non-hydrogen) atoms. The van der Waals surface area contributed by atoms with Gasteiger partial charge in [-0.2, -0.15) is 0 Å². The molecule has 0 fully saturated rings. The number of methoxy groups -OCH3 is 1. The van der Waals surface area contributed by atoms with E-state index in [2.05, 4.69) is 65.4 Å². The van der Waals surface area contributed by atoms with Crippen LogP contribution in [0.25, 0.3) is 0 Å². The highest BCUT2D eigenvalue weighted by molar-refractivity contribution is 9.10. The van der Waals surface area contributed by atoms with Crippen molar-refractivity contribution in [3.8, 4) is 5.75 Å². The first-order chi connectivity index (χ1) is 9.63. The zero-order chi connectivity index (χ0) is 14.5. The fourth-order valence-corrected chi connectivity index (χ4v) is 2.56. The van der Waals surface area contributed by atoms with E-state index in [9.17, 15) is 0 Å². The number of hydrogen-bond donors (Lipinski definition) is 1. The number of aryl methyl sites for hydroxylation is 1. The van der Waals surface area contributed by atoms with Crippen molar-refractivity contribution in [2.45, 2.75) is 26.3 Å². The van der Waals surface area contributed by atoms with Crippen LogP contribution < -0.4 is 10.1 Å². The van der Waals surface area contributed by atoms with E-state index >= 15 is 0 Å². The van der Waals surface area contributed by atoms with Gasteiger partial charge < -0.3 is 10.1 Å². The van der Waals surface area contributed by atoms with Gasteiger partial charge in [0.2, 0.25) is 0 Å². The number of hydrogen-bond acceptors (Lipinski definition) is 2. The van der Waals surface area contributed by atoms with Gasteiger partial charge >= 0.3 is 0 Å². The lowest BCUT2D eigenvalue weighted by Gasteiger charge is -2.20. The van der Waals surface area contributed by atoms with E-state index in [4.69, 9.17) is 4.74 Å². The third-order valence-electron chi connectivity index (χ3n) is 3.46.